The highest BCUT2D eigenvalue weighted by atomic mass is 35.5. The predicted molar refractivity (Wildman–Crippen MR) is 108 cm³/mol. The second-order valence-corrected chi connectivity index (χ2v) is 6.87. The van der Waals surface area contributed by atoms with Crippen LogP contribution in [-0.2, 0) is 6.54 Å². The molecule has 0 aliphatic rings. The number of nitrogens with one attached hydrogen (secondary N) is 1. The number of benzene rings is 2. The lowest BCUT2D eigenvalue weighted by molar-refractivity contribution is 0.0955. The fourth-order valence-electron chi connectivity index (χ4n) is 2.74. The van der Waals surface area contributed by atoms with Gasteiger partial charge in [-0.15, -0.1) is 0 Å². The number of hydrogen-bond donors (Lipinski definition) is 1. The molecule has 0 spiro atoms. The lowest BCUT2D eigenvalue weighted by Gasteiger charge is -2.05. The maximum atomic E-state index is 12.1. The van der Waals surface area contributed by atoms with Gasteiger partial charge in [-0.05, 0) is 50.6 Å². The van der Waals surface area contributed by atoms with Crippen LogP contribution in [0.25, 0.3) is 0 Å². The van der Waals surface area contributed by atoms with Crippen molar-refractivity contribution in [1.29, 1.82) is 0 Å². The first-order valence-corrected chi connectivity index (χ1v) is 9.00. The van der Waals surface area contributed by atoms with E-state index >= 15 is 0 Å². The smallest absolute Gasteiger partial charge is 0.267 e. The monoisotopic (exact) mass is 380 g/mol. The summed E-state index contributed by atoms with van der Waals surface area (Å²) in [5.41, 5.74) is 8.22. The third-order valence-corrected chi connectivity index (χ3v) is 4.61. The van der Waals surface area contributed by atoms with Gasteiger partial charge < -0.3 is 0 Å². The Morgan fingerprint density at radius 1 is 1.11 bits per heavy atom. The molecular weight excluding hydrogens is 360 g/mol. The van der Waals surface area contributed by atoms with Crippen LogP contribution in [0.15, 0.2) is 53.6 Å². The summed E-state index contributed by atoms with van der Waals surface area (Å²) in [7, 11) is 0. The molecule has 6 heteroatoms. The van der Waals surface area contributed by atoms with Gasteiger partial charge in [-0.2, -0.15) is 10.2 Å². The van der Waals surface area contributed by atoms with E-state index in [9.17, 15) is 4.79 Å². The van der Waals surface area contributed by atoms with E-state index < -0.39 is 0 Å². The number of aromatic nitrogens is 2. The Hall–Kier alpha value is -2.92. The number of hydrogen-bond acceptors (Lipinski definition) is 3. The van der Waals surface area contributed by atoms with Crippen LogP contribution in [0.5, 0.6) is 0 Å². The topological polar surface area (TPSA) is 59.3 Å². The van der Waals surface area contributed by atoms with E-state index in [2.05, 4.69) is 46.8 Å². The van der Waals surface area contributed by atoms with Crippen molar-refractivity contribution in [1.82, 2.24) is 15.2 Å². The van der Waals surface area contributed by atoms with Crippen LogP contribution in [0.1, 0.15) is 38.4 Å². The molecule has 5 nitrogen and oxygen atoms in total. The number of amides is 1. The highest BCUT2D eigenvalue weighted by Gasteiger charge is 2.10. The van der Waals surface area contributed by atoms with Crippen LogP contribution in [0.3, 0.4) is 0 Å². The van der Waals surface area contributed by atoms with E-state index in [4.69, 9.17) is 11.6 Å². The summed E-state index contributed by atoms with van der Waals surface area (Å²) in [5, 5.41) is 9.26. The van der Waals surface area contributed by atoms with E-state index in [1.165, 1.54) is 11.1 Å². The molecule has 0 unspecified atom stereocenters. The van der Waals surface area contributed by atoms with Crippen LogP contribution >= 0.6 is 11.6 Å². The van der Waals surface area contributed by atoms with Crippen molar-refractivity contribution in [2.75, 3.05) is 0 Å². The maximum Gasteiger partial charge on any atom is 0.271 e. The Morgan fingerprint density at radius 2 is 1.78 bits per heavy atom. The number of carbonyl (C=O) groups is 1. The molecule has 138 valence electrons. The van der Waals surface area contributed by atoms with Gasteiger partial charge in [-0.1, -0.05) is 41.4 Å². The Balaban J connectivity index is 1.70. The molecule has 0 saturated heterocycles. The first kappa shape index (κ1) is 18.9. The standard InChI is InChI=1S/C21H21ClN4O/c1-14-4-6-17(7-5-14)13-26-16(3)20(15(2)25-26)12-23-24-21(27)18-8-10-19(22)11-9-18/h4-12H,13H2,1-3H3,(H,24,27)/b23-12-. The minimum Gasteiger partial charge on any atom is -0.267 e. The zero-order chi connectivity index (χ0) is 19.4. The summed E-state index contributed by atoms with van der Waals surface area (Å²) in [6, 6.07) is 15.0. The van der Waals surface area contributed by atoms with Gasteiger partial charge in [0.15, 0.2) is 0 Å². The second kappa shape index (κ2) is 8.18. The highest BCUT2D eigenvalue weighted by molar-refractivity contribution is 6.30. The average molecular weight is 381 g/mol. The number of halogens is 1. The van der Waals surface area contributed by atoms with Gasteiger partial charge in [0.25, 0.3) is 5.91 Å². The molecule has 1 heterocycles. The summed E-state index contributed by atoms with van der Waals surface area (Å²) >= 11 is 5.83. The third kappa shape index (κ3) is 4.63. The summed E-state index contributed by atoms with van der Waals surface area (Å²) in [6.45, 7) is 6.69. The summed E-state index contributed by atoms with van der Waals surface area (Å²) in [4.78, 5) is 12.1. The second-order valence-electron chi connectivity index (χ2n) is 6.43. The Bertz CT molecular complexity index is 973. The highest BCUT2D eigenvalue weighted by Crippen LogP contribution is 2.14. The van der Waals surface area contributed by atoms with Crippen molar-refractivity contribution in [2.45, 2.75) is 27.3 Å². The molecule has 0 aliphatic heterocycles. The van der Waals surface area contributed by atoms with Crippen LogP contribution in [-0.4, -0.2) is 21.9 Å². The summed E-state index contributed by atoms with van der Waals surface area (Å²) in [6.07, 6.45) is 1.64. The van der Waals surface area contributed by atoms with Crippen molar-refractivity contribution in [3.05, 3.63) is 87.2 Å². The number of carbonyl (C=O) groups excluding carboxylic acids is 1. The molecular formula is C21H21ClN4O. The van der Waals surface area contributed by atoms with Crippen molar-refractivity contribution in [3.8, 4) is 0 Å². The van der Waals surface area contributed by atoms with Crippen molar-refractivity contribution in [2.24, 2.45) is 5.10 Å². The predicted octanol–water partition coefficient (Wildman–Crippen LogP) is 4.27. The maximum absolute atomic E-state index is 12.1. The lowest BCUT2D eigenvalue weighted by atomic mass is 10.1. The number of rotatable bonds is 5. The fraction of sp³-hybridized carbons (Fsp3) is 0.190. The summed E-state index contributed by atoms with van der Waals surface area (Å²) in [5.74, 6) is -0.287. The number of aryl methyl sites for hydroxylation is 2. The lowest BCUT2D eigenvalue weighted by Crippen LogP contribution is -2.17. The minimum absolute atomic E-state index is 0.287. The molecule has 0 bridgehead atoms. The first-order valence-electron chi connectivity index (χ1n) is 8.62. The fourth-order valence-corrected chi connectivity index (χ4v) is 2.87. The van der Waals surface area contributed by atoms with Crippen molar-refractivity contribution in [3.63, 3.8) is 0 Å². The normalized spacial score (nSPS) is 11.1. The first-order chi connectivity index (χ1) is 12.9. The molecule has 0 radical (unpaired) electrons. The van der Waals surface area contributed by atoms with Crippen molar-refractivity contribution < 1.29 is 4.79 Å². The van der Waals surface area contributed by atoms with E-state index in [-0.39, 0.29) is 5.91 Å². The van der Waals surface area contributed by atoms with Gasteiger partial charge in [-0.25, -0.2) is 5.43 Å². The number of hydrazone groups is 1. The van der Waals surface area contributed by atoms with Gasteiger partial charge in [-0.3, -0.25) is 9.48 Å². The molecule has 0 atom stereocenters. The van der Waals surface area contributed by atoms with Gasteiger partial charge in [0, 0.05) is 21.8 Å². The largest absolute Gasteiger partial charge is 0.271 e. The molecule has 3 rings (SSSR count). The van der Waals surface area contributed by atoms with Gasteiger partial charge in [0.05, 0.1) is 18.5 Å². The molecule has 0 aliphatic carbocycles. The van der Waals surface area contributed by atoms with E-state index in [0.717, 1.165) is 17.0 Å². The average Bonchev–Trinajstić information content (AvgIpc) is 2.91. The Labute approximate surface area is 163 Å². The van der Waals surface area contributed by atoms with E-state index in [0.29, 0.717) is 17.1 Å². The quantitative estimate of drug-likeness (QED) is 0.530. The van der Waals surface area contributed by atoms with Crippen LogP contribution in [0.4, 0.5) is 0 Å². The SMILES string of the molecule is Cc1ccc(Cn2nc(C)c(/C=N\NC(=O)c3ccc(Cl)cc3)c2C)cc1. The molecule has 1 aromatic heterocycles. The third-order valence-electron chi connectivity index (χ3n) is 4.36. The van der Waals surface area contributed by atoms with Crippen LogP contribution < -0.4 is 5.43 Å². The Kier molecular flexibility index (Phi) is 5.72. The van der Waals surface area contributed by atoms with Crippen LogP contribution in [0.2, 0.25) is 5.02 Å². The van der Waals surface area contributed by atoms with Gasteiger partial charge in [0.2, 0.25) is 0 Å². The van der Waals surface area contributed by atoms with Gasteiger partial charge in [0.1, 0.15) is 0 Å². The van der Waals surface area contributed by atoms with Crippen molar-refractivity contribution >= 4 is 23.7 Å². The van der Waals surface area contributed by atoms with Gasteiger partial charge >= 0.3 is 0 Å². The summed E-state index contributed by atoms with van der Waals surface area (Å²) < 4.78 is 1.95. The molecule has 0 saturated carbocycles. The molecule has 27 heavy (non-hydrogen) atoms. The van der Waals surface area contributed by atoms with E-state index in [1.54, 1.807) is 30.5 Å². The molecule has 1 N–H and O–H groups in total. The molecule has 0 fully saturated rings. The molecule has 1 amide bonds. The minimum atomic E-state index is -0.287. The zero-order valence-corrected chi connectivity index (χ0v) is 16.3. The Morgan fingerprint density at radius 3 is 2.44 bits per heavy atom. The van der Waals surface area contributed by atoms with Crippen LogP contribution in [0, 0.1) is 20.8 Å². The zero-order valence-electron chi connectivity index (χ0n) is 15.5. The number of nitrogens with zero attached hydrogens (tertiary/aromatic N) is 3. The molecule has 3 aromatic rings. The molecule has 2 aromatic carbocycles. The van der Waals surface area contributed by atoms with E-state index in [1.807, 2.05) is 18.5 Å².